The van der Waals surface area contributed by atoms with Gasteiger partial charge in [-0.2, -0.15) is 0 Å². The Morgan fingerprint density at radius 3 is 2.52 bits per heavy atom. The van der Waals surface area contributed by atoms with E-state index in [1.54, 1.807) is 17.0 Å². The maximum absolute atomic E-state index is 13.2. The van der Waals surface area contributed by atoms with Crippen molar-refractivity contribution in [3.8, 4) is 5.75 Å². The van der Waals surface area contributed by atoms with Gasteiger partial charge in [-0.25, -0.2) is 4.79 Å². The molecule has 2 N–H and O–H groups in total. The zero-order valence-electron chi connectivity index (χ0n) is 22.0. The van der Waals surface area contributed by atoms with Gasteiger partial charge in [0, 0.05) is 6.54 Å². The fourth-order valence-corrected chi connectivity index (χ4v) is 5.06. The lowest BCUT2D eigenvalue weighted by Crippen LogP contribution is -2.42. The average Bonchev–Trinajstić information content (AvgIpc) is 3.12. The molecule has 7 heteroatoms. The van der Waals surface area contributed by atoms with E-state index in [2.05, 4.69) is 4.90 Å². The number of nitrogens with zero attached hydrogens (tertiary/aromatic N) is 2. The van der Waals surface area contributed by atoms with Gasteiger partial charge < -0.3 is 20.1 Å². The number of piperidine rings is 1. The lowest BCUT2D eigenvalue weighted by atomic mass is 9.77. The van der Waals surface area contributed by atoms with Crippen molar-refractivity contribution in [1.29, 1.82) is 0 Å². The molecule has 1 unspecified atom stereocenters. The number of rotatable bonds is 5. The number of hydrogen-bond donors (Lipinski definition) is 1. The second-order valence-electron chi connectivity index (χ2n) is 9.72. The van der Waals surface area contributed by atoms with Crippen LogP contribution in [-0.2, 0) is 9.53 Å². The molecule has 2 amide bonds. The summed E-state index contributed by atoms with van der Waals surface area (Å²) in [5.41, 5.74) is 6.34. The Kier molecular flexibility index (Phi) is 5.93. The lowest BCUT2D eigenvalue weighted by molar-refractivity contribution is -0.119. The van der Waals surface area contributed by atoms with E-state index >= 15 is 0 Å². The lowest BCUT2D eigenvalue weighted by Gasteiger charge is -2.38. The summed E-state index contributed by atoms with van der Waals surface area (Å²) in [5.74, 6) is 0.511. The van der Waals surface area contributed by atoms with Gasteiger partial charge in [-0.1, -0.05) is 12.1 Å². The van der Waals surface area contributed by atoms with E-state index in [4.69, 9.17) is 19.3 Å². The third-order valence-corrected chi connectivity index (χ3v) is 6.44. The minimum atomic E-state index is -2.56. The van der Waals surface area contributed by atoms with Crippen molar-refractivity contribution in [3.63, 3.8) is 0 Å². The Morgan fingerprint density at radius 1 is 1.19 bits per heavy atom. The van der Waals surface area contributed by atoms with Crippen LogP contribution in [0.15, 0.2) is 18.2 Å². The normalized spacial score (nSPS) is 24.9. The summed E-state index contributed by atoms with van der Waals surface area (Å²) in [6, 6.07) is 5.13. The molecule has 7 nitrogen and oxygen atoms in total. The predicted octanol–water partition coefficient (Wildman–Crippen LogP) is 3.50. The summed E-state index contributed by atoms with van der Waals surface area (Å²) in [4.78, 5) is 28.4. The number of methoxy groups -OCH3 is 1. The van der Waals surface area contributed by atoms with Gasteiger partial charge in [0.25, 0.3) is 0 Å². The molecule has 0 bridgehead atoms. The molecule has 2 fully saturated rings. The Labute approximate surface area is 190 Å². The summed E-state index contributed by atoms with van der Waals surface area (Å²) in [7, 11) is -2.56. The molecule has 2 heterocycles. The second-order valence-corrected chi connectivity index (χ2v) is 9.72. The van der Waals surface area contributed by atoms with Gasteiger partial charge in [-0.15, -0.1) is 0 Å². The molecule has 0 aliphatic carbocycles. The molecule has 1 aromatic rings. The van der Waals surface area contributed by atoms with Crippen molar-refractivity contribution in [2.75, 3.05) is 33.2 Å². The van der Waals surface area contributed by atoms with E-state index in [0.717, 1.165) is 43.5 Å². The second kappa shape index (κ2) is 9.47. The van der Waals surface area contributed by atoms with Crippen LogP contribution in [0.1, 0.15) is 61.3 Å². The predicted molar refractivity (Wildman–Crippen MR) is 120 cm³/mol. The average molecular weight is 435 g/mol. The zero-order valence-corrected chi connectivity index (χ0v) is 19.0. The van der Waals surface area contributed by atoms with Crippen molar-refractivity contribution >= 4 is 12.0 Å². The van der Waals surface area contributed by atoms with Crippen LogP contribution in [0.3, 0.4) is 0 Å². The van der Waals surface area contributed by atoms with Crippen LogP contribution >= 0.6 is 0 Å². The minimum absolute atomic E-state index is 0.185. The standard InChI is InChI=1S/C24H37N3O4/c1-16-18(7-6-8-20(16)30-5)22-19(11-14-27(22)23(29)31-24(2,3)4)17-9-12-26(13-10-17)15-21(25)28/h6-8,17,19,22H,9-15H2,1-5H3,(H2,25,28)/t19?,22-/m1/s1/i5D3. The van der Waals surface area contributed by atoms with Crippen LogP contribution in [0, 0.1) is 18.8 Å². The number of amides is 2. The number of primary amides is 1. The number of carbonyl (C=O) groups excluding carboxylic acids is 2. The summed E-state index contributed by atoms with van der Waals surface area (Å²) in [6.45, 7) is 9.77. The fraction of sp³-hybridized carbons (Fsp3) is 0.667. The van der Waals surface area contributed by atoms with Crippen molar-refractivity contribution in [1.82, 2.24) is 9.80 Å². The number of hydrogen-bond acceptors (Lipinski definition) is 5. The Balaban J connectivity index is 1.91. The fourth-order valence-electron chi connectivity index (χ4n) is 5.06. The molecule has 1 aromatic carbocycles. The summed E-state index contributed by atoms with van der Waals surface area (Å²) in [5, 5.41) is 0. The van der Waals surface area contributed by atoms with E-state index in [0.29, 0.717) is 18.2 Å². The van der Waals surface area contributed by atoms with Gasteiger partial charge in [0.15, 0.2) is 0 Å². The number of nitrogens with two attached hydrogens (primary N) is 1. The first-order valence-corrected chi connectivity index (χ1v) is 11.0. The summed E-state index contributed by atoms with van der Waals surface area (Å²) < 4.78 is 33.5. The van der Waals surface area contributed by atoms with Crippen LogP contribution in [0.25, 0.3) is 0 Å². The maximum atomic E-state index is 13.2. The SMILES string of the molecule is [2H]C([2H])([2H])Oc1cccc([C@@H]2C(C3CCN(CC(N)=O)CC3)CCN2C(=O)OC(C)(C)C)c1C. The summed E-state index contributed by atoms with van der Waals surface area (Å²) in [6.07, 6.45) is 2.27. The summed E-state index contributed by atoms with van der Waals surface area (Å²) >= 11 is 0. The van der Waals surface area contributed by atoms with Gasteiger partial charge in [0.05, 0.1) is 23.7 Å². The zero-order chi connectivity index (χ0) is 25.3. The highest BCUT2D eigenvalue weighted by atomic mass is 16.6. The molecule has 2 aliphatic heterocycles. The third kappa shape index (κ3) is 5.50. The Hall–Kier alpha value is -2.28. The number of carbonyl (C=O) groups is 2. The van der Waals surface area contributed by atoms with E-state index < -0.39 is 12.6 Å². The third-order valence-electron chi connectivity index (χ3n) is 6.44. The van der Waals surface area contributed by atoms with Gasteiger partial charge in [0.2, 0.25) is 5.91 Å². The molecule has 0 saturated carbocycles. The topological polar surface area (TPSA) is 85.1 Å². The molecule has 3 rings (SSSR count). The van der Waals surface area contributed by atoms with Crippen molar-refractivity contribution in [2.45, 2.75) is 58.6 Å². The first-order valence-electron chi connectivity index (χ1n) is 12.5. The van der Waals surface area contributed by atoms with Crippen molar-refractivity contribution < 1.29 is 23.2 Å². The molecule has 2 saturated heterocycles. The Morgan fingerprint density at radius 2 is 1.90 bits per heavy atom. The molecule has 31 heavy (non-hydrogen) atoms. The van der Waals surface area contributed by atoms with Gasteiger partial charge in [0.1, 0.15) is 11.4 Å². The van der Waals surface area contributed by atoms with Gasteiger partial charge >= 0.3 is 6.09 Å². The largest absolute Gasteiger partial charge is 0.496 e. The van der Waals surface area contributed by atoms with Crippen LogP contribution in [-0.4, -0.2) is 60.6 Å². The van der Waals surface area contributed by atoms with Crippen LogP contribution in [0.2, 0.25) is 0 Å². The van der Waals surface area contributed by atoms with Gasteiger partial charge in [-0.3, -0.25) is 9.69 Å². The monoisotopic (exact) mass is 434 g/mol. The molecular weight excluding hydrogens is 394 g/mol. The van der Waals surface area contributed by atoms with Gasteiger partial charge in [-0.05, 0) is 89.1 Å². The maximum Gasteiger partial charge on any atom is 0.410 e. The first kappa shape index (κ1) is 19.4. The number of likely N-dealkylation sites (tertiary alicyclic amines) is 2. The van der Waals surface area contributed by atoms with Crippen LogP contribution < -0.4 is 10.5 Å². The molecule has 172 valence electrons. The highest BCUT2D eigenvalue weighted by Crippen LogP contribution is 2.47. The van der Waals surface area contributed by atoms with Crippen molar-refractivity contribution in [3.05, 3.63) is 29.3 Å². The van der Waals surface area contributed by atoms with E-state index in [1.807, 2.05) is 33.8 Å². The molecule has 0 radical (unpaired) electrons. The smallest absolute Gasteiger partial charge is 0.410 e. The quantitative estimate of drug-likeness (QED) is 0.767. The Bertz CT molecular complexity index is 892. The molecule has 2 aliphatic rings. The highest BCUT2D eigenvalue weighted by Gasteiger charge is 2.44. The first-order chi connectivity index (χ1) is 15.7. The molecule has 0 spiro atoms. The number of ether oxygens (including phenoxy) is 2. The van der Waals surface area contributed by atoms with E-state index in [9.17, 15) is 9.59 Å². The van der Waals surface area contributed by atoms with E-state index in [-0.39, 0.29) is 30.5 Å². The highest BCUT2D eigenvalue weighted by molar-refractivity contribution is 5.75. The molecular formula is C24H37N3O4. The molecule has 0 aromatic heterocycles. The van der Waals surface area contributed by atoms with Crippen molar-refractivity contribution in [2.24, 2.45) is 17.6 Å². The van der Waals surface area contributed by atoms with E-state index in [1.165, 1.54) is 0 Å². The number of benzene rings is 1. The minimum Gasteiger partial charge on any atom is -0.496 e. The molecule has 2 atom stereocenters. The van der Waals surface area contributed by atoms with Crippen LogP contribution in [0.5, 0.6) is 5.75 Å². The van der Waals surface area contributed by atoms with Crippen LogP contribution in [0.4, 0.5) is 4.79 Å².